The fraction of sp³-hybridized carbons (Fsp3) is 0.0476. The molecule has 2 heterocycles. The molecule has 0 bridgehead atoms. The van der Waals surface area contributed by atoms with Crippen molar-refractivity contribution in [3.05, 3.63) is 96.9 Å². The molecule has 1 amide bonds. The molecule has 0 aliphatic carbocycles. The van der Waals surface area contributed by atoms with Crippen LogP contribution in [0.1, 0.15) is 15.2 Å². The van der Waals surface area contributed by atoms with Gasteiger partial charge in [-0.05, 0) is 41.3 Å². The SMILES string of the molecule is O=C(Nc1cc(Oc2ccc(Cl)cc2)cc([N+](=O)[O-])c1)c1cc(Cn2cc(Cl)cn2)cs1. The maximum absolute atomic E-state index is 12.7. The van der Waals surface area contributed by atoms with Crippen LogP contribution in [0, 0.1) is 10.1 Å². The average molecular weight is 489 g/mol. The van der Waals surface area contributed by atoms with Crippen molar-refractivity contribution in [2.45, 2.75) is 6.54 Å². The number of nitrogens with zero attached hydrogens (tertiary/aromatic N) is 3. The Morgan fingerprint density at radius 3 is 2.59 bits per heavy atom. The predicted octanol–water partition coefficient (Wildman–Crippen LogP) is 6.25. The second-order valence-corrected chi connectivity index (χ2v) is 8.44. The Morgan fingerprint density at radius 1 is 1.12 bits per heavy atom. The summed E-state index contributed by atoms with van der Waals surface area (Å²) in [7, 11) is 0. The number of amides is 1. The predicted molar refractivity (Wildman–Crippen MR) is 123 cm³/mol. The van der Waals surface area contributed by atoms with E-state index in [-0.39, 0.29) is 17.1 Å². The number of carbonyl (C=O) groups excluding carboxylic acids is 1. The van der Waals surface area contributed by atoms with Gasteiger partial charge in [0.1, 0.15) is 11.5 Å². The van der Waals surface area contributed by atoms with Gasteiger partial charge in [0, 0.05) is 23.4 Å². The highest BCUT2D eigenvalue weighted by Gasteiger charge is 2.15. The first kappa shape index (κ1) is 21.8. The Morgan fingerprint density at radius 2 is 1.91 bits per heavy atom. The molecule has 1 N–H and O–H groups in total. The normalized spacial score (nSPS) is 10.7. The summed E-state index contributed by atoms with van der Waals surface area (Å²) in [6, 6.07) is 12.4. The van der Waals surface area contributed by atoms with Crippen LogP contribution < -0.4 is 10.1 Å². The quantitative estimate of drug-likeness (QED) is 0.244. The molecule has 0 aliphatic rings. The molecule has 0 unspecified atom stereocenters. The molecule has 0 spiro atoms. The van der Waals surface area contributed by atoms with Crippen LogP contribution in [0.25, 0.3) is 0 Å². The van der Waals surface area contributed by atoms with E-state index in [1.165, 1.54) is 35.7 Å². The molecule has 2 aromatic heterocycles. The van der Waals surface area contributed by atoms with Gasteiger partial charge in [-0.15, -0.1) is 11.3 Å². The smallest absolute Gasteiger partial charge is 0.275 e. The lowest BCUT2D eigenvalue weighted by atomic mass is 10.2. The van der Waals surface area contributed by atoms with E-state index in [1.807, 2.05) is 5.38 Å². The standard InChI is InChI=1S/C21H14Cl2N4O4S/c22-14-1-3-18(4-2-14)31-19-7-16(6-17(8-19)27(29)30)25-21(28)20-5-13(12-32-20)10-26-11-15(23)9-24-26/h1-9,11-12H,10H2,(H,25,28). The van der Waals surface area contributed by atoms with E-state index in [9.17, 15) is 14.9 Å². The lowest BCUT2D eigenvalue weighted by Gasteiger charge is -2.09. The number of aromatic nitrogens is 2. The van der Waals surface area contributed by atoms with E-state index in [0.717, 1.165) is 5.56 Å². The summed E-state index contributed by atoms with van der Waals surface area (Å²) in [6.45, 7) is 0.465. The topological polar surface area (TPSA) is 99.3 Å². The molecule has 162 valence electrons. The van der Waals surface area contributed by atoms with Gasteiger partial charge >= 0.3 is 0 Å². The number of carbonyl (C=O) groups is 1. The van der Waals surface area contributed by atoms with Gasteiger partial charge < -0.3 is 10.1 Å². The Kier molecular flexibility index (Phi) is 6.40. The Bertz CT molecular complexity index is 1290. The first-order valence-electron chi connectivity index (χ1n) is 9.15. The second kappa shape index (κ2) is 9.39. The minimum atomic E-state index is -0.553. The van der Waals surface area contributed by atoms with Gasteiger partial charge in [0.05, 0.1) is 39.3 Å². The molecule has 2 aromatic carbocycles. The number of nitrogens with one attached hydrogen (secondary N) is 1. The van der Waals surface area contributed by atoms with Crippen molar-refractivity contribution in [1.29, 1.82) is 0 Å². The first-order chi connectivity index (χ1) is 15.4. The molecule has 8 nitrogen and oxygen atoms in total. The molecule has 0 atom stereocenters. The van der Waals surface area contributed by atoms with E-state index in [4.69, 9.17) is 27.9 Å². The fourth-order valence-electron chi connectivity index (χ4n) is 2.84. The van der Waals surface area contributed by atoms with Gasteiger partial charge in [-0.2, -0.15) is 5.10 Å². The fourth-order valence-corrected chi connectivity index (χ4v) is 3.92. The van der Waals surface area contributed by atoms with Crippen LogP contribution >= 0.6 is 34.5 Å². The number of hydrogen-bond acceptors (Lipinski definition) is 6. The van der Waals surface area contributed by atoms with Crippen LogP contribution in [-0.4, -0.2) is 20.6 Å². The number of nitro benzene ring substituents is 1. The van der Waals surface area contributed by atoms with Crippen LogP contribution in [0.3, 0.4) is 0 Å². The Balaban J connectivity index is 1.51. The number of nitro groups is 1. The van der Waals surface area contributed by atoms with Gasteiger partial charge in [-0.3, -0.25) is 19.6 Å². The largest absolute Gasteiger partial charge is 0.457 e. The van der Waals surface area contributed by atoms with E-state index in [1.54, 1.807) is 41.2 Å². The van der Waals surface area contributed by atoms with Crippen molar-refractivity contribution in [3.63, 3.8) is 0 Å². The molecule has 0 saturated carbocycles. The second-order valence-electron chi connectivity index (χ2n) is 6.66. The van der Waals surface area contributed by atoms with Crippen molar-refractivity contribution in [1.82, 2.24) is 9.78 Å². The van der Waals surface area contributed by atoms with Crippen molar-refractivity contribution in [2.24, 2.45) is 0 Å². The number of non-ortho nitro benzene ring substituents is 1. The molecule has 4 aromatic rings. The first-order valence-corrected chi connectivity index (χ1v) is 10.8. The summed E-state index contributed by atoms with van der Waals surface area (Å²) >= 11 is 13.0. The summed E-state index contributed by atoms with van der Waals surface area (Å²) in [6.07, 6.45) is 3.22. The number of hydrogen-bond donors (Lipinski definition) is 1. The maximum atomic E-state index is 12.7. The molecule has 0 aliphatic heterocycles. The third-order valence-corrected chi connectivity index (χ3v) is 5.66. The number of ether oxygens (including phenoxy) is 1. The van der Waals surface area contributed by atoms with Crippen molar-refractivity contribution >= 4 is 51.8 Å². The van der Waals surface area contributed by atoms with E-state index >= 15 is 0 Å². The minimum absolute atomic E-state index is 0.208. The third kappa shape index (κ3) is 5.44. The van der Waals surface area contributed by atoms with Crippen molar-refractivity contribution in [2.75, 3.05) is 5.32 Å². The van der Waals surface area contributed by atoms with Gasteiger partial charge in [0.2, 0.25) is 0 Å². The number of halogens is 2. The highest BCUT2D eigenvalue weighted by atomic mass is 35.5. The molecule has 0 saturated heterocycles. The zero-order valence-corrected chi connectivity index (χ0v) is 18.5. The summed E-state index contributed by atoms with van der Waals surface area (Å²) in [5.74, 6) is 0.269. The van der Waals surface area contributed by atoms with E-state index in [0.29, 0.717) is 27.2 Å². The van der Waals surface area contributed by atoms with Gasteiger partial charge in [-0.1, -0.05) is 23.2 Å². The molecule has 32 heavy (non-hydrogen) atoms. The van der Waals surface area contributed by atoms with Crippen LogP contribution in [0.4, 0.5) is 11.4 Å². The summed E-state index contributed by atoms with van der Waals surface area (Å²) in [5, 5.41) is 21.1. The summed E-state index contributed by atoms with van der Waals surface area (Å²) in [5.41, 5.74) is 0.905. The molecule has 0 fully saturated rings. The Hall–Kier alpha value is -3.40. The van der Waals surface area contributed by atoms with Crippen LogP contribution in [0.5, 0.6) is 11.5 Å². The zero-order chi connectivity index (χ0) is 22.7. The van der Waals surface area contributed by atoms with Gasteiger partial charge in [0.15, 0.2) is 0 Å². The minimum Gasteiger partial charge on any atom is -0.457 e. The van der Waals surface area contributed by atoms with Crippen LogP contribution in [0.15, 0.2) is 66.3 Å². The summed E-state index contributed by atoms with van der Waals surface area (Å²) in [4.78, 5) is 23.9. The highest BCUT2D eigenvalue weighted by molar-refractivity contribution is 7.12. The number of thiophene rings is 1. The van der Waals surface area contributed by atoms with Crippen molar-refractivity contribution < 1.29 is 14.5 Å². The Labute approximate surface area is 196 Å². The maximum Gasteiger partial charge on any atom is 0.275 e. The molecular formula is C21H14Cl2N4O4S. The van der Waals surface area contributed by atoms with Crippen LogP contribution in [0.2, 0.25) is 10.0 Å². The van der Waals surface area contributed by atoms with Crippen LogP contribution in [-0.2, 0) is 6.54 Å². The average Bonchev–Trinajstić information content (AvgIpc) is 3.39. The van der Waals surface area contributed by atoms with E-state index in [2.05, 4.69) is 10.4 Å². The van der Waals surface area contributed by atoms with Gasteiger partial charge in [0.25, 0.3) is 11.6 Å². The summed E-state index contributed by atoms with van der Waals surface area (Å²) < 4.78 is 7.35. The lowest BCUT2D eigenvalue weighted by Crippen LogP contribution is -2.10. The number of rotatable bonds is 7. The molecule has 4 rings (SSSR count). The molecule has 0 radical (unpaired) electrons. The molecular weight excluding hydrogens is 475 g/mol. The van der Waals surface area contributed by atoms with Crippen molar-refractivity contribution in [3.8, 4) is 11.5 Å². The number of benzene rings is 2. The third-order valence-electron chi connectivity index (χ3n) is 4.23. The number of anilines is 1. The van der Waals surface area contributed by atoms with E-state index < -0.39 is 10.8 Å². The lowest BCUT2D eigenvalue weighted by molar-refractivity contribution is -0.384. The monoisotopic (exact) mass is 488 g/mol. The van der Waals surface area contributed by atoms with Gasteiger partial charge in [-0.25, -0.2) is 0 Å². The zero-order valence-electron chi connectivity index (χ0n) is 16.2. The highest BCUT2D eigenvalue weighted by Crippen LogP contribution is 2.31. The molecule has 11 heteroatoms.